The van der Waals surface area contributed by atoms with E-state index in [1.807, 2.05) is 6.92 Å². The van der Waals surface area contributed by atoms with Crippen LogP contribution in [0.5, 0.6) is 0 Å². The van der Waals surface area contributed by atoms with Crippen molar-refractivity contribution < 1.29 is 52.7 Å². The molecule has 204 valence electrons. The van der Waals surface area contributed by atoms with Crippen LogP contribution in [0.4, 0.5) is 0 Å². The van der Waals surface area contributed by atoms with Gasteiger partial charge in [0.25, 0.3) is 0 Å². The van der Waals surface area contributed by atoms with Crippen molar-refractivity contribution in [2.75, 3.05) is 0 Å². The number of carbonyl (C=O) groups excluding carboxylic acids is 4. The van der Waals surface area contributed by atoms with E-state index in [0.717, 1.165) is 0 Å². The van der Waals surface area contributed by atoms with Crippen molar-refractivity contribution in [2.24, 2.45) is 11.3 Å². The minimum Gasteiger partial charge on any atom is -0.462 e. The highest BCUT2D eigenvalue weighted by Gasteiger charge is 2.89. The van der Waals surface area contributed by atoms with E-state index in [4.69, 9.17) is 28.4 Å². The fraction of sp³-hybridized carbons (Fsp3) is 0.769. The second-order valence-electron chi connectivity index (χ2n) is 11.6. The molecular weight excluding hydrogens is 488 g/mol. The molecule has 11 unspecified atom stereocenters. The fourth-order valence-corrected chi connectivity index (χ4v) is 7.34. The Bertz CT molecular complexity index is 1100. The predicted molar refractivity (Wildman–Crippen MR) is 123 cm³/mol. The largest absolute Gasteiger partial charge is 0.462 e. The standard InChI is InChI=1S/C26H34O11/c1-11-8-15(32-12(2)27)20(30)23(5)16(33-13(3)28)10-17-24(6,36-17)19(23)21(34-14(4)29)26-18(9-11)35-22(31)25(26,7)37-26/h9,15-21,30H,8,10H2,1-7H3. The summed E-state index contributed by atoms with van der Waals surface area (Å²) in [6, 6.07) is 0. The van der Waals surface area contributed by atoms with Crippen LogP contribution in [0.3, 0.4) is 0 Å². The molecule has 5 rings (SSSR count). The minimum atomic E-state index is -1.40. The summed E-state index contributed by atoms with van der Waals surface area (Å²) in [4.78, 5) is 49.8. The number of aliphatic hydroxyl groups is 1. The topological polar surface area (TPSA) is 150 Å². The number of hydrogen-bond donors (Lipinski definition) is 1. The van der Waals surface area contributed by atoms with Crippen LogP contribution in [-0.2, 0) is 47.6 Å². The van der Waals surface area contributed by atoms with E-state index in [9.17, 15) is 24.3 Å². The Kier molecular flexibility index (Phi) is 5.65. The van der Waals surface area contributed by atoms with Crippen molar-refractivity contribution in [1.82, 2.24) is 0 Å². The summed E-state index contributed by atoms with van der Waals surface area (Å²) in [5, 5.41) is 12.0. The van der Waals surface area contributed by atoms with Gasteiger partial charge in [-0.1, -0.05) is 12.5 Å². The lowest BCUT2D eigenvalue weighted by Gasteiger charge is -2.54. The summed E-state index contributed by atoms with van der Waals surface area (Å²) in [5.74, 6) is -3.23. The first-order valence-electron chi connectivity index (χ1n) is 12.6. The maximum atomic E-state index is 13.0. The summed E-state index contributed by atoms with van der Waals surface area (Å²) in [5.41, 5.74) is -4.41. The van der Waals surface area contributed by atoms with Gasteiger partial charge in [0.2, 0.25) is 0 Å². The quantitative estimate of drug-likeness (QED) is 0.246. The summed E-state index contributed by atoms with van der Waals surface area (Å²) in [6.45, 7) is 10.7. The zero-order valence-electron chi connectivity index (χ0n) is 22.1. The summed E-state index contributed by atoms with van der Waals surface area (Å²) < 4.78 is 35.4. The number of carbonyl (C=O) groups is 4. The fourth-order valence-electron chi connectivity index (χ4n) is 7.34. The van der Waals surface area contributed by atoms with Crippen LogP contribution in [0.15, 0.2) is 11.6 Å². The van der Waals surface area contributed by atoms with Gasteiger partial charge in [0.1, 0.15) is 24.4 Å². The number of fused-ring (bicyclic) bond motifs is 3. The summed E-state index contributed by atoms with van der Waals surface area (Å²) >= 11 is 0. The van der Waals surface area contributed by atoms with Gasteiger partial charge >= 0.3 is 23.9 Å². The second-order valence-corrected chi connectivity index (χ2v) is 11.6. The summed E-state index contributed by atoms with van der Waals surface area (Å²) in [7, 11) is 0. The molecule has 37 heavy (non-hydrogen) atoms. The Balaban J connectivity index is 1.76. The molecule has 5 aliphatic rings. The highest BCUT2D eigenvalue weighted by molar-refractivity contribution is 5.89. The molecule has 11 heteroatoms. The molecule has 2 aliphatic carbocycles. The Morgan fingerprint density at radius 1 is 1.03 bits per heavy atom. The van der Waals surface area contributed by atoms with Crippen LogP contribution in [-0.4, -0.2) is 82.4 Å². The Hall–Kier alpha value is -2.50. The Morgan fingerprint density at radius 2 is 1.65 bits per heavy atom. The van der Waals surface area contributed by atoms with Crippen molar-refractivity contribution in [3.8, 4) is 0 Å². The van der Waals surface area contributed by atoms with E-state index >= 15 is 0 Å². The second kappa shape index (κ2) is 8.00. The molecule has 0 radical (unpaired) electrons. The van der Waals surface area contributed by atoms with Gasteiger partial charge in [-0.2, -0.15) is 0 Å². The van der Waals surface area contributed by atoms with Crippen LogP contribution < -0.4 is 0 Å². The van der Waals surface area contributed by atoms with Gasteiger partial charge in [0.05, 0.1) is 11.7 Å². The highest BCUT2D eigenvalue weighted by atomic mass is 16.7. The maximum Gasteiger partial charge on any atom is 0.342 e. The lowest BCUT2D eigenvalue weighted by Crippen LogP contribution is -2.67. The van der Waals surface area contributed by atoms with Gasteiger partial charge in [-0.05, 0) is 26.8 Å². The van der Waals surface area contributed by atoms with E-state index < -0.39 is 82.5 Å². The Labute approximate surface area is 214 Å². The van der Waals surface area contributed by atoms with Gasteiger partial charge in [-0.3, -0.25) is 14.4 Å². The van der Waals surface area contributed by atoms with Gasteiger partial charge in [-0.15, -0.1) is 0 Å². The third-order valence-electron chi connectivity index (χ3n) is 9.10. The van der Waals surface area contributed by atoms with E-state index in [1.165, 1.54) is 20.8 Å². The van der Waals surface area contributed by atoms with Crippen molar-refractivity contribution >= 4 is 23.9 Å². The molecule has 0 aromatic rings. The molecule has 11 nitrogen and oxygen atoms in total. The molecule has 0 aromatic carbocycles. The van der Waals surface area contributed by atoms with Gasteiger partial charge in [-0.25, -0.2) is 4.79 Å². The first kappa shape index (κ1) is 26.1. The zero-order valence-corrected chi connectivity index (χ0v) is 22.1. The first-order chi connectivity index (χ1) is 17.1. The number of esters is 4. The highest BCUT2D eigenvalue weighted by Crippen LogP contribution is 2.69. The predicted octanol–water partition coefficient (Wildman–Crippen LogP) is 1.13. The average Bonchev–Trinajstić information content (AvgIpc) is 3.60. The van der Waals surface area contributed by atoms with Crippen molar-refractivity contribution in [3.63, 3.8) is 0 Å². The molecule has 4 fully saturated rings. The number of hydrogen-bond acceptors (Lipinski definition) is 11. The first-order valence-corrected chi connectivity index (χ1v) is 12.6. The average molecular weight is 523 g/mol. The molecular formula is C26H34O11. The molecule has 3 saturated heterocycles. The number of rotatable bonds is 3. The van der Waals surface area contributed by atoms with Gasteiger partial charge in [0, 0.05) is 44.9 Å². The van der Waals surface area contributed by atoms with Crippen molar-refractivity contribution in [3.05, 3.63) is 11.6 Å². The molecule has 1 spiro atoms. The third kappa shape index (κ3) is 3.50. The number of aliphatic hydroxyl groups excluding tert-OH is 1. The zero-order chi connectivity index (χ0) is 27.3. The van der Waals surface area contributed by atoms with Crippen molar-refractivity contribution in [1.29, 1.82) is 0 Å². The van der Waals surface area contributed by atoms with Gasteiger partial charge in [0.15, 0.2) is 17.3 Å². The molecule has 3 aliphatic heterocycles. The molecule has 0 aromatic heterocycles. The van der Waals surface area contributed by atoms with Gasteiger partial charge < -0.3 is 33.5 Å². The van der Waals surface area contributed by atoms with Crippen LogP contribution in [0.2, 0.25) is 0 Å². The smallest absolute Gasteiger partial charge is 0.342 e. The summed E-state index contributed by atoms with van der Waals surface area (Å²) in [6.07, 6.45) is -3.62. The van der Waals surface area contributed by atoms with E-state index in [0.29, 0.717) is 5.57 Å². The normalized spacial score (nSPS) is 49.6. The van der Waals surface area contributed by atoms with Crippen LogP contribution in [0.25, 0.3) is 0 Å². The lowest BCUT2D eigenvalue weighted by molar-refractivity contribution is -0.220. The molecule has 3 heterocycles. The molecule has 1 saturated carbocycles. The third-order valence-corrected chi connectivity index (χ3v) is 9.10. The molecule has 0 bridgehead atoms. The molecule has 0 amide bonds. The lowest BCUT2D eigenvalue weighted by atomic mass is 9.53. The minimum absolute atomic E-state index is 0.121. The van der Waals surface area contributed by atoms with E-state index in [-0.39, 0.29) is 18.9 Å². The van der Waals surface area contributed by atoms with E-state index in [1.54, 1.807) is 26.8 Å². The number of epoxide rings is 2. The number of ether oxygens (including phenoxy) is 6. The van der Waals surface area contributed by atoms with Crippen LogP contribution in [0, 0.1) is 11.3 Å². The van der Waals surface area contributed by atoms with Crippen LogP contribution >= 0.6 is 0 Å². The SMILES string of the molecule is CC(=O)OC1CC(C)=CC2OC(=O)C3(C)OC23C(OC(C)=O)C2C3(C)OC3CC(OC(C)=O)C2(C)C1O. The van der Waals surface area contributed by atoms with Crippen LogP contribution in [0.1, 0.15) is 61.3 Å². The molecule has 1 N–H and O–H groups in total. The van der Waals surface area contributed by atoms with Crippen molar-refractivity contribution in [2.45, 2.75) is 115 Å². The van der Waals surface area contributed by atoms with E-state index in [2.05, 4.69) is 0 Å². The Morgan fingerprint density at radius 3 is 2.22 bits per heavy atom. The molecule has 11 atom stereocenters. The monoisotopic (exact) mass is 522 g/mol. The maximum absolute atomic E-state index is 13.0.